The number of likely N-dealkylation sites (tertiary alicyclic amines) is 1. The first-order valence-electron chi connectivity index (χ1n) is 9.61. The zero-order chi connectivity index (χ0) is 17.0. The van der Waals surface area contributed by atoms with E-state index in [1.54, 1.807) is 5.56 Å². The van der Waals surface area contributed by atoms with Crippen molar-refractivity contribution in [1.82, 2.24) is 9.88 Å². The molecule has 2 heteroatoms. The molecule has 0 spiro atoms. The molecule has 128 valence electrons. The SMILES string of the molecule is Cc1ccccc1C(C)N1C[C@@H]2CCc3[nH]c4ccccc4c3[C@H]2C1. The third-order valence-electron chi connectivity index (χ3n) is 6.62. The Labute approximate surface area is 149 Å². The molecule has 0 saturated carbocycles. The summed E-state index contributed by atoms with van der Waals surface area (Å²) in [5.74, 6) is 1.49. The van der Waals surface area contributed by atoms with Crippen molar-refractivity contribution < 1.29 is 0 Å². The summed E-state index contributed by atoms with van der Waals surface area (Å²) in [6.45, 7) is 7.05. The standard InChI is InChI=1S/C23H26N2/c1-15-7-3-4-8-18(15)16(2)25-13-17-11-12-22-23(20(17)14-25)19-9-5-6-10-21(19)24-22/h3-10,16-17,20,24H,11-14H2,1-2H3/t16?,17-,20-/m0/s1. The molecule has 1 aromatic heterocycles. The van der Waals surface area contributed by atoms with E-state index in [0.29, 0.717) is 12.0 Å². The lowest BCUT2D eigenvalue weighted by Crippen LogP contribution is -2.25. The smallest absolute Gasteiger partial charge is 0.0459 e. The maximum absolute atomic E-state index is 3.70. The Morgan fingerprint density at radius 1 is 1.04 bits per heavy atom. The number of fused-ring (bicyclic) bond motifs is 5. The van der Waals surface area contributed by atoms with E-state index in [-0.39, 0.29) is 0 Å². The van der Waals surface area contributed by atoms with Crippen LogP contribution in [0, 0.1) is 12.8 Å². The molecule has 0 radical (unpaired) electrons. The highest BCUT2D eigenvalue weighted by Gasteiger charge is 2.40. The molecule has 1 N–H and O–H groups in total. The van der Waals surface area contributed by atoms with E-state index in [0.717, 1.165) is 5.92 Å². The van der Waals surface area contributed by atoms with Gasteiger partial charge in [-0.05, 0) is 55.4 Å². The van der Waals surface area contributed by atoms with Crippen molar-refractivity contribution in [3.05, 3.63) is 70.9 Å². The topological polar surface area (TPSA) is 19.0 Å². The van der Waals surface area contributed by atoms with Gasteiger partial charge in [0, 0.05) is 41.6 Å². The van der Waals surface area contributed by atoms with Crippen LogP contribution in [0.25, 0.3) is 10.9 Å². The van der Waals surface area contributed by atoms with Gasteiger partial charge in [0.05, 0.1) is 0 Å². The van der Waals surface area contributed by atoms with Crippen LogP contribution in [0.3, 0.4) is 0 Å². The summed E-state index contributed by atoms with van der Waals surface area (Å²) in [7, 11) is 0. The van der Waals surface area contributed by atoms with E-state index in [9.17, 15) is 0 Å². The van der Waals surface area contributed by atoms with Gasteiger partial charge in [-0.2, -0.15) is 0 Å². The van der Waals surface area contributed by atoms with Crippen LogP contribution in [0.2, 0.25) is 0 Å². The first kappa shape index (κ1) is 15.2. The number of nitrogens with zero attached hydrogens (tertiary/aromatic N) is 1. The Morgan fingerprint density at radius 2 is 1.84 bits per heavy atom. The second kappa shape index (κ2) is 5.74. The summed E-state index contributed by atoms with van der Waals surface area (Å²) in [5.41, 5.74) is 7.33. The number of hydrogen-bond acceptors (Lipinski definition) is 1. The Hall–Kier alpha value is -2.06. The fraction of sp³-hybridized carbons (Fsp3) is 0.391. The van der Waals surface area contributed by atoms with Gasteiger partial charge in [-0.15, -0.1) is 0 Å². The van der Waals surface area contributed by atoms with Crippen LogP contribution in [-0.4, -0.2) is 23.0 Å². The molecular weight excluding hydrogens is 304 g/mol. The minimum absolute atomic E-state index is 0.500. The molecular formula is C23H26N2. The molecule has 5 rings (SSSR count). The van der Waals surface area contributed by atoms with Gasteiger partial charge in [0.15, 0.2) is 0 Å². The summed E-state index contributed by atoms with van der Waals surface area (Å²) in [6.07, 6.45) is 2.53. The Balaban J connectivity index is 1.49. The molecule has 1 aliphatic carbocycles. The van der Waals surface area contributed by atoms with E-state index in [1.165, 1.54) is 53.7 Å². The van der Waals surface area contributed by atoms with E-state index in [1.807, 2.05) is 0 Å². The van der Waals surface area contributed by atoms with Gasteiger partial charge in [-0.3, -0.25) is 4.90 Å². The number of aryl methyl sites for hydroxylation is 2. The Bertz CT molecular complexity index is 923. The molecule has 0 bridgehead atoms. The first-order valence-corrected chi connectivity index (χ1v) is 9.61. The van der Waals surface area contributed by atoms with E-state index in [2.05, 4.69) is 72.3 Å². The van der Waals surface area contributed by atoms with Crippen LogP contribution in [0.1, 0.15) is 47.7 Å². The first-order chi connectivity index (χ1) is 12.2. The summed E-state index contributed by atoms with van der Waals surface area (Å²) in [6, 6.07) is 18.2. The van der Waals surface area contributed by atoms with Gasteiger partial charge in [0.2, 0.25) is 0 Å². The highest BCUT2D eigenvalue weighted by Crippen LogP contribution is 2.46. The lowest BCUT2D eigenvalue weighted by molar-refractivity contribution is 0.250. The normalized spacial score (nSPS) is 24.2. The van der Waals surface area contributed by atoms with Gasteiger partial charge >= 0.3 is 0 Å². The molecule has 3 atom stereocenters. The molecule has 1 saturated heterocycles. The number of H-pyrrole nitrogens is 1. The summed E-state index contributed by atoms with van der Waals surface area (Å²) in [4.78, 5) is 6.41. The number of aromatic amines is 1. The van der Waals surface area contributed by atoms with Gasteiger partial charge in [-0.25, -0.2) is 0 Å². The number of nitrogens with one attached hydrogen (secondary N) is 1. The van der Waals surface area contributed by atoms with Crippen LogP contribution >= 0.6 is 0 Å². The molecule has 2 nitrogen and oxygen atoms in total. The molecule has 25 heavy (non-hydrogen) atoms. The highest BCUT2D eigenvalue weighted by molar-refractivity contribution is 5.85. The second-order valence-electron chi connectivity index (χ2n) is 7.95. The van der Waals surface area contributed by atoms with Crippen LogP contribution in [-0.2, 0) is 6.42 Å². The van der Waals surface area contributed by atoms with Gasteiger partial charge in [0.25, 0.3) is 0 Å². The molecule has 2 heterocycles. The quantitative estimate of drug-likeness (QED) is 0.684. The number of hydrogen-bond donors (Lipinski definition) is 1. The maximum atomic E-state index is 3.70. The van der Waals surface area contributed by atoms with Crippen LogP contribution in [0.15, 0.2) is 48.5 Å². The molecule has 1 fully saturated rings. The lowest BCUT2D eigenvalue weighted by atomic mass is 9.79. The van der Waals surface area contributed by atoms with Gasteiger partial charge < -0.3 is 4.98 Å². The molecule has 3 aromatic rings. The molecule has 1 unspecified atom stereocenters. The largest absolute Gasteiger partial charge is 0.358 e. The van der Waals surface area contributed by atoms with Crippen molar-refractivity contribution in [1.29, 1.82) is 0 Å². The van der Waals surface area contributed by atoms with Crippen LogP contribution in [0.4, 0.5) is 0 Å². The Morgan fingerprint density at radius 3 is 2.72 bits per heavy atom. The highest BCUT2D eigenvalue weighted by atomic mass is 15.2. The minimum Gasteiger partial charge on any atom is -0.358 e. The fourth-order valence-corrected chi connectivity index (χ4v) is 5.26. The third kappa shape index (κ3) is 2.35. The van der Waals surface area contributed by atoms with Crippen molar-refractivity contribution in [2.45, 2.75) is 38.6 Å². The lowest BCUT2D eigenvalue weighted by Gasteiger charge is -2.26. The van der Waals surface area contributed by atoms with Gasteiger partial charge in [0.1, 0.15) is 0 Å². The van der Waals surface area contributed by atoms with E-state index < -0.39 is 0 Å². The molecule has 1 aliphatic heterocycles. The minimum atomic E-state index is 0.500. The molecule has 2 aromatic carbocycles. The van der Waals surface area contributed by atoms with Crippen molar-refractivity contribution in [2.24, 2.45) is 5.92 Å². The van der Waals surface area contributed by atoms with Crippen LogP contribution < -0.4 is 0 Å². The summed E-state index contributed by atoms with van der Waals surface area (Å²) >= 11 is 0. The number of rotatable bonds is 2. The van der Waals surface area contributed by atoms with Gasteiger partial charge in [-0.1, -0.05) is 42.5 Å². The summed E-state index contributed by atoms with van der Waals surface area (Å²) < 4.78 is 0. The number of para-hydroxylation sites is 1. The molecule has 0 amide bonds. The predicted octanol–water partition coefficient (Wildman–Crippen LogP) is 5.20. The average molecular weight is 330 g/mol. The average Bonchev–Trinajstić information content (AvgIpc) is 3.22. The Kier molecular flexibility index (Phi) is 3.49. The van der Waals surface area contributed by atoms with Crippen molar-refractivity contribution in [3.63, 3.8) is 0 Å². The zero-order valence-corrected chi connectivity index (χ0v) is 15.1. The number of benzene rings is 2. The second-order valence-corrected chi connectivity index (χ2v) is 7.95. The summed E-state index contributed by atoms with van der Waals surface area (Å²) in [5, 5.41) is 1.46. The maximum Gasteiger partial charge on any atom is 0.0459 e. The monoisotopic (exact) mass is 330 g/mol. The fourth-order valence-electron chi connectivity index (χ4n) is 5.26. The van der Waals surface area contributed by atoms with E-state index >= 15 is 0 Å². The van der Waals surface area contributed by atoms with E-state index in [4.69, 9.17) is 0 Å². The third-order valence-corrected chi connectivity index (χ3v) is 6.62. The van der Waals surface area contributed by atoms with Crippen LogP contribution in [0.5, 0.6) is 0 Å². The van der Waals surface area contributed by atoms with Crippen molar-refractivity contribution >= 4 is 10.9 Å². The van der Waals surface area contributed by atoms with Crippen molar-refractivity contribution in [3.8, 4) is 0 Å². The number of aromatic nitrogens is 1. The molecule has 2 aliphatic rings. The predicted molar refractivity (Wildman–Crippen MR) is 104 cm³/mol. The zero-order valence-electron chi connectivity index (χ0n) is 15.1. The van der Waals surface area contributed by atoms with Crippen molar-refractivity contribution in [2.75, 3.05) is 13.1 Å².